The van der Waals surface area contributed by atoms with Crippen LogP contribution in [-0.4, -0.2) is 102 Å². The monoisotopic (exact) mass is 528 g/mol. The van der Waals surface area contributed by atoms with Crippen molar-refractivity contribution in [3.63, 3.8) is 0 Å². The average Bonchev–Trinajstić information content (AvgIpc) is 3.48. The van der Waals surface area contributed by atoms with Crippen molar-refractivity contribution in [2.45, 2.75) is 56.3 Å². The Bertz CT molecular complexity index is 1020. The number of para-hydroxylation sites is 1. The van der Waals surface area contributed by atoms with Crippen molar-refractivity contribution in [1.82, 2.24) is 15.1 Å². The van der Waals surface area contributed by atoms with E-state index < -0.39 is 29.1 Å². The third-order valence-electron chi connectivity index (χ3n) is 8.74. The van der Waals surface area contributed by atoms with E-state index >= 15 is 0 Å². The molecule has 2 bridgehead atoms. The standard InChI is InChI=1S/C28H40N4O6/c1-27-10-11-28(38-27)22(21(27)24(34)30-20-8-4-2-5-9-20)26(36)32(13-6-3-7-17-33)23(28)25(35)29-12-14-31-15-18-37-19-16-31/h2,4-5,8-9,21-23,33H,3,6-7,10-19H2,1H3,(H,29,35)(H,30,34)/t21-,22+,23?,27+,28?/m1/s1. The first-order valence-electron chi connectivity index (χ1n) is 13.9. The van der Waals surface area contributed by atoms with Gasteiger partial charge in [0.05, 0.1) is 30.7 Å². The van der Waals surface area contributed by atoms with Crippen LogP contribution in [0.5, 0.6) is 0 Å². The first kappa shape index (κ1) is 27.1. The van der Waals surface area contributed by atoms with Crippen LogP contribution < -0.4 is 10.6 Å². The van der Waals surface area contributed by atoms with Crippen LogP contribution in [0.15, 0.2) is 30.3 Å². The minimum atomic E-state index is -1.02. The zero-order valence-corrected chi connectivity index (χ0v) is 22.2. The topological polar surface area (TPSA) is 120 Å². The Kier molecular flexibility index (Phi) is 8.04. The lowest BCUT2D eigenvalue weighted by molar-refractivity contribution is -0.145. The third kappa shape index (κ3) is 4.95. The van der Waals surface area contributed by atoms with E-state index in [1.54, 1.807) is 4.90 Å². The van der Waals surface area contributed by atoms with Crippen LogP contribution in [0, 0.1) is 11.8 Å². The van der Waals surface area contributed by atoms with Crippen LogP contribution >= 0.6 is 0 Å². The molecule has 1 aromatic carbocycles. The molecule has 208 valence electrons. The smallest absolute Gasteiger partial charge is 0.245 e. The van der Waals surface area contributed by atoms with E-state index in [9.17, 15) is 19.5 Å². The Hall–Kier alpha value is -2.53. The van der Waals surface area contributed by atoms with E-state index in [2.05, 4.69) is 15.5 Å². The van der Waals surface area contributed by atoms with Gasteiger partial charge in [0.15, 0.2) is 0 Å². The predicted molar refractivity (Wildman–Crippen MR) is 140 cm³/mol. The van der Waals surface area contributed by atoms with Crippen LogP contribution in [0.2, 0.25) is 0 Å². The van der Waals surface area contributed by atoms with Crippen LogP contribution in [0.25, 0.3) is 0 Å². The Labute approximate surface area is 224 Å². The number of amides is 3. The number of fused-ring (bicyclic) bond motifs is 1. The van der Waals surface area contributed by atoms with Gasteiger partial charge in [0.1, 0.15) is 11.6 Å². The van der Waals surface area contributed by atoms with Crippen molar-refractivity contribution in [3.05, 3.63) is 30.3 Å². The van der Waals surface area contributed by atoms with Gasteiger partial charge in [-0.05, 0) is 51.2 Å². The predicted octanol–water partition coefficient (Wildman–Crippen LogP) is 1.00. The lowest BCUT2D eigenvalue weighted by Gasteiger charge is -2.34. The summed E-state index contributed by atoms with van der Waals surface area (Å²) in [5.41, 5.74) is -1.17. The fourth-order valence-corrected chi connectivity index (χ4v) is 6.94. The second-order valence-electron chi connectivity index (χ2n) is 11.1. The number of nitrogens with zero attached hydrogens (tertiary/aromatic N) is 2. The van der Waals surface area contributed by atoms with Crippen molar-refractivity contribution < 1.29 is 29.0 Å². The third-order valence-corrected chi connectivity index (χ3v) is 8.74. The first-order valence-corrected chi connectivity index (χ1v) is 13.9. The molecule has 5 rings (SSSR count). The summed E-state index contributed by atoms with van der Waals surface area (Å²) in [6, 6.07) is 8.43. The molecule has 1 aromatic rings. The molecule has 2 unspecified atom stereocenters. The van der Waals surface area contributed by atoms with Gasteiger partial charge in [0.25, 0.3) is 0 Å². The maximum Gasteiger partial charge on any atom is 0.245 e. The summed E-state index contributed by atoms with van der Waals surface area (Å²) in [7, 11) is 0. The molecule has 4 heterocycles. The normalized spacial score (nSPS) is 32.4. The molecule has 0 aromatic heterocycles. The molecule has 4 aliphatic rings. The summed E-state index contributed by atoms with van der Waals surface area (Å²) in [6.07, 6.45) is 3.23. The number of aliphatic hydroxyl groups is 1. The minimum Gasteiger partial charge on any atom is -0.396 e. The second kappa shape index (κ2) is 11.3. The Balaban J connectivity index is 1.36. The fraction of sp³-hybridized carbons (Fsp3) is 0.679. The van der Waals surface area contributed by atoms with Gasteiger partial charge >= 0.3 is 0 Å². The Morgan fingerprint density at radius 1 is 1.05 bits per heavy atom. The number of benzene rings is 1. The van der Waals surface area contributed by atoms with Gasteiger partial charge in [-0.1, -0.05) is 18.2 Å². The number of ether oxygens (including phenoxy) is 2. The first-order chi connectivity index (χ1) is 18.4. The summed E-state index contributed by atoms with van der Waals surface area (Å²) in [4.78, 5) is 45.3. The van der Waals surface area contributed by atoms with Gasteiger partial charge in [-0.3, -0.25) is 19.3 Å². The molecular weight excluding hydrogens is 488 g/mol. The van der Waals surface area contributed by atoms with Gasteiger partial charge in [-0.25, -0.2) is 0 Å². The Morgan fingerprint density at radius 3 is 2.55 bits per heavy atom. The Morgan fingerprint density at radius 2 is 1.82 bits per heavy atom. The number of hydrogen-bond acceptors (Lipinski definition) is 7. The zero-order valence-electron chi connectivity index (χ0n) is 22.2. The van der Waals surface area contributed by atoms with E-state index in [1.807, 2.05) is 37.3 Å². The number of aliphatic hydroxyl groups excluding tert-OH is 1. The van der Waals surface area contributed by atoms with Crippen LogP contribution in [-0.2, 0) is 23.9 Å². The number of unbranched alkanes of at least 4 members (excludes halogenated alkanes) is 2. The summed E-state index contributed by atoms with van der Waals surface area (Å²) < 4.78 is 12.1. The molecule has 1 spiro atoms. The number of morpholine rings is 1. The fourth-order valence-electron chi connectivity index (χ4n) is 6.94. The summed E-state index contributed by atoms with van der Waals surface area (Å²) in [5.74, 6) is -2.04. The van der Waals surface area contributed by atoms with Gasteiger partial charge < -0.3 is 30.1 Å². The number of hydrogen-bond donors (Lipinski definition) is 3. The molecule has 38 heavy (non-hydrogen) atoms. The summed E-state index contributed by atoms with van der Waals surface area (Å²) >= 11 is 0. The highest BCUT2D eigenvalue weighted by Crippen LogP contribution is 2.63. The number of carbonyl (C=O) groups is 3. The maximum absolute atomic E-state index is 14.0. The van der Waals surface area contributed by atoms with Gasteiger partial charge in [0, 0.05) is 45.0 Å². The maximum atomic E-state index is 14.0. The zero-order chi connectivity index (χ0) is 26.8. The molecule has 10 heteroatoms. The molecule has 4 saturated heterocycles. The molecule has 0 aliphatic carbocycles. The molecule has 4 aliphatic heterocycles. The van der Waals surface area contributed by atoms with E-state index in [-0.39, 0.29) is 24.3 Å². The molecule has 3 amide bonds. The summed E-state index contributed by atoms with van der Waals surface area (Å²) in [5, 5.41) is 15.2. The number of carbonyl (C=O) groups excluding carboxylic acids is 3. The molecular formula is C28H40N4O6. The van der Waals surface area contributed by atoms with E-state index in [4.69, 9.17) is 9.47 Å². The molecule has 5 atom stereocenters. The van der Waals surface area contributed by atoms with Crippen molar-refractivity contribution in [2.75, 3.05) is 57.9 Å². The van der Waals surface area contributed by atoms with E-state index in [1.165, 1.54) is 0 Å². The summed E-state index contributed by atoms with van der Waals surface area (Å²) in [6.45, 7) is 6.62. The van der Waals surface area contributed by atoms with Crippen molar-refractivity contribution in [2.24, 2.45) is 11.8 Å². The van der Waals surface area contributed by atoms with Gasteiger partial charge in [-0.2, -0.15) is 0 Å². The highest BCUT2D eigenvalue weighted by Gasteiger charge is 2.77. The SMILES string of the molecule is C[C@@]12CCC3(O1)C(C(=O)NCCN1CCOCC1)N(CCCCCO)C(=O)[C@@H]3[C@@H]2C(=O)Nc1ccccc1. The minimum absolute atomic E-state index is 0.0924. The van der Waals surface area contributed by atoms with Gasteiger partial charge in [0.2, 0.25) is 17.7 Å². The number of likely N-dealkylation sites (tertiary alicyclic amines) is 1. The van der Waals surface area contributed by atoms with Crippen LogP contribution in [0.3, 0.4) is 0 Å². The number of anilines is 1. The lowest BCUT2D eigenvalue weighted by Crippen LogP contribution is -2.56. The second-order valence-corrected chi connectivity index (χ2v) is 11.1. The lowest BCUT2D eigenvalue weighted by atomic mass is 9.66. The molecule has 3 N–H and O–H groups in total. The van der Waals surface area contributed by atoms with Gasteiger partial charge in [-0.15, -0.1) is 0 Å². The molecule has 0 radical (unpaired) electrons. The van der Waals surface area contributed by atoms with Crippen molar-refractivity contribution in [1.29, 1.82) is 0 Å². The highest BCUT2D eigenvalue weighted by molar-refractivity contribution is 6.02. The van der Waals surface area contributed by atoms with E-state index in [0.717, 1.165) is 19.5 Å². The van der Waals surface area contributed by atoms with E-state index in [0.29, 0.717) is 64.2 Å². The number of nitrogens with one attached hydrogen (secondary N) is 2. The van der Waals surface area contributed by atoms with Crippen molar-refractivity contribution in [3.8, 4) is 0 Å². The average molecular weight is 529 g/mol. The quantitative estimate of drug-likeness (QED) is 0.367. The molecule has 10 nitrogen and oxygen atoms in total. The van der Waals surface area contributed by atoms with Crippen LogP contribution in [0.1, 0.15) is 39.0 Å². The highest BCUT2D eigenvalue weighted by atomic mass is 16.5. The molecule has 4 fully saturated rings. The largest absolute Gasteiger partial charge is 0.396 e. The van der Waals surface area contributed by atoms with Crippen molar-refractivity contribution >= 4 is 23.4 Å². The number of rotatable bonds is 11. The van der Waals surface area contributed by atoms with Crippen LogP contribution in [0.4, 0.5) is 5.69 Å². The molecule has 0 saturated carbocycles.